The van der Waals surface area contributed by atoms with E-state index in [0.29, 0.717) is 48.2 Å². The summed E-state index contributed by atoms with van der Waals surface area (Å²) in [6.07, 6.45) is 2.05. The smallest absolute Gasteiger partial charge is 0.345 e. The van der Waals surface area contributed by atoms with E-state index in [4.69, 9.17) is 10.5 Å². The van der Waals surface area contributed by atoms with Gasteiger partial charge in [-0.2, -0.15) is 0 Å². The molecular weight excluding hydrogens is 362 g/mol. The first-order chi connectivity index (χ1) is 12.0. The number of nitrogen functional groups attached to an aromatic ring is 1. The van der Waals surface area contributed by atoms with Crippen molar-refractivity contribution in [2.75, 3.05) is 25.4 Å². The number of hydrogen-bond donors (Lipinski definition) is 2. The molecule has 3 N–H and O–H groups in total. The summed E-state index contributed by atoms with van der Waals surface area (Å²) >= 11 is 2.56. The predicted octanol–water partition coefficient (Wildman–Crippen LogP) is 2.19. The van der Waals surface area contributed by atoms with Gasteiger partial charge in [-0.1, -0.05) is 0 Å². The highest BCUT2D eigenvalue weighted by atomic mass is 32.1. The highest BCUT2D eigenvalue weighted by Gasteiger charge is 2.43. The lowest BCUT2D eigenvalue weighted by atomic mass is 9.85. The lowest BCUT2D eigenvalue weighted by molar-refractivity contribution is -0.0906. The second kappa shape index (κ2) is 6.08. The van der Waals surface area contributed by atoms with E-state index in [2.05, 4.69) is 4.98 Å². The lowest BCUT2D eigenvalue weighted by Gasteiger charge is -2.43. The zero-order valence-electron chi connectivity index (χ0n) is 13.4. The molecule has 0 unspecified atom stereocenters. The highest BCUT2D eigenvalue weighted by molar-refractivity contribution is 7.14. The van der Waals surface area contributed by atoms with Gasteiger partial charge in [-0.05, 0) is 30.9 Å². The number of ether oxygens (including phenoxy) is 1. The van der Waals surface area contributed by atoms with Crippen LogP contribution in [0.25, 0.3) is 0 Å². The standard InChI is InChI=1S/C16H17N3O4S2/c17-15-18-10(8-24-15)13(20)19-4-2-16(3-5-19)12-9(1-6-23-16)7-11(25-12)14(21)22/h7-8H,1-6H2,(H2,17,18)(H,21,22). The Balaban J connectivity index is 1.54. The van der Waals surface area contributed by atoms with Crippen molar-refractivity contribution in [1.29, 1.82) is 0 Å². The molecule has 1 spiro atoms. The van der Waals surface area contributed by atoms with Gasteiger partial charge in [-0.3, -0.25) is 4.79 Å². The monoisotopic (exact) mass is 379 g/mol. The van der Waals surface area contributed by atoms with Crippen LogP contribution in [0.3, 0.4) is 0 Å². The van der Waals surface area contributed by atoms with Crippen molar-refractivity contribution in [3.63, 3.8) is 0 Å². The number of piperidine rings is 1. The van der Waals surface area contributed by atoms with E-state index < -0.39 is 11.6 Å². The Bertz CT molecular complexity index is 836. The molecule has 0 atom stereocenters. The molecule has 1 fully saturated rings. The summed E-state index contributed by atoms with van der Waals surface area (Å²) in [4.78, 5) is 31.0. The number of aromatic nitrogens is 1. The molecule has 2 aromatic heterocycles. The Morgan fingerprint density at radius 3 is 2.76 bits per heavy atom. The van der Waals surface area contributed by atoms with Crippen molar-refractivity contribution < 1.29 is 19.4 Å². The van der Waals surface area contributed by atoms with Gasteiger partial charge in [-0.15, -0.1) is 22.7 Å². The molecule has 2 aliphatic heterocycles. The maximum atomic E-state index is 12.5. The number of carboxylic acids is 1. The molecule has 1 amide bonds. The Kier molecular flexibility index (Phi) is 4.01. The zero-order chi connectivity index (χ0) is 17.6. The number of thiophene rings is 1. The van der Waals surface area contributed by atoms with Crippen LogP contribution >= 0.6 is 22.7 Å². The molecule has 7 nitrogen and oxygen atoms in total. The van der Waals surface area contributed by atoms with Gasteiger partial charge in [-0.25, -0.2) is 9.78 Å². The average molecular weight is 379 g/mol. The first-order valence-electron chi connectivity index (χ1n) is 7.99. The second-order valence-electron chi connectivity index (χ2n) is 6.23. The number of anilines is 1. The highest BCUT2D eigenvalue weighted by Crippen LogP contribution is 2.45. The molecule has 2 aromatic rings. The normalized spacial score (nSPS) is 19.0. The number of rotatable bonds is 2. The van der Waals surface area contributed by atoms with Crippen molar-refractivity contribution in [1.82, 2.24) is 9.88 Å². The molecule has 0 saturated carbocycles. The van der Waals surface area contributed by atoms with E-state index in [1.165, 1.54) is 22.7 Å². The van der Waals surface area contributed by atoms with Gasteiger partial charge in [0, 0.05) is 23.3 Å². The van der Waals surface area contributed by atoms with Gasteiger partial charge in [0.2, 0.25) is 0 Å². The van der Waals surface area contributed by atoms with Gasteiger partial charge in [0.15, 0.2) is 5.13 Å². The molecule has 0 aromatic carbocycles. The third-order valence-electron chi connectivity index (χ3n) is 4.78. The van der Waals surface area contributed by atoms with Gasteiger partial charge in [0.25, 0.3) is 5.91 Å². The number of nitrogens with zero attached hydrogens (tertiary/aromatic N) is 2. The van der Waals surface area contributed by atoms with Crippen LogP contribution in [0.5, 0.6) is 0 Å². The van der Waals surface area contributed by atoms with Crippen molar-refractivity contribution in [3.05, 3.63) is 32.5 Å². The molecule has 0 bridgehead atoms. The SMILES string of the molecule is Nc1nc(C(=O)N2CCC3(CC2)OCCc2cc(C(=O)O)sc23)cs1. The van der Waals surface area contributed by atoms with E-state index in [0.717, 1.165) is 16.9 Å². The first kappa shape index (κ1) is 16.5. The third-order valence-corrected chi connectivity index (χ3v) is 6.81. The first-order valence-corrected chi connectivity index (χ1v) is 9.69. The van der Waals surface area contributed by atoms with Crippen LogP contribution in [-0.2, 0) is 16.8 Å². The number of hydrogen-bond acceptors (Lipinski definition) is 7. The number of fused-ring (bicyclic) bond motifs is 2. The lowest BCUT2D eigenvalue weighted by Crippen LogP contribution is -2.48. The van der Waals surface area contributed by atoms with Crippen LogP contribution in [0.1, 0.15) is 43.4 Å². The number of thiazole rings is 1. The fourth-order valence-electron chi connectivity index (χ4n) is 3.52. The molecule has 0 aliphatic carbocycles. The third kappa shape index (κ3) is 2.82. The molecule has 0 radical (unpaired) electrons. The van der Waals surface area contributed by atoms with E-state index in [1.54, 1.807) is 16.3 Å². The van der Waals surface area contributed by atoms with E-state index in [1.807, 2.05) is 0 Å². The van der Waals surface area contributed by atoms with Crippen LogP contribution in [0.15, 0.2) is 11.4 Å². The van der Waals surface area contributed by atoms with Gasteiger partial charge in [0.1, 0.15) is 16.2 Å². The number of likely N-dealkylation sites (tertiary alicyclic amines) is 1. The second-order valence-corrected chi connectivity index (χ2v) is 8.17. The Hall–Kier alpha value is -1.97. The summed E-state index contributed by atoms with van der Waals surface area (Å²) in [6, 6.07) is 1.77. The minimum absolute atomic E-state index is 0.115. The number of carbonyl (C=O) groups excluding carboxylic acids is 1. The van der Waals surface area contributed by atoms with Crippen LogP contribution in [-0.4, -0.2) is 46.6 Å². The van der Waals surface area contributed by atoms with Gasteiger partial charge >= 0.3 is 5.97 Å². The molecular formula is C16H17N3O4S2. The van der Waals surface area contributed by atoms with Crippen molar-refractivity contribution in [2.24, 2.45) is 0 Å². The van der Waals surface area contributed by atoms with Crippen LogP contribution in [0.4, 0.5) is 5.13 Å². The molecule has 132 valence electrons. The summed E-state index contributed by atoms with van der Waals surface area (Å²) in [5.41, 5.74) is 6.59. The number of aromatic carboxylic acids is 1. The van der Waals surface area contributed by atoms with Crippen LogP contribution in [0, 0.1) is 0 Å². The fourth-order valence-corrected chi connectivity index (χ4v) is 5.30. The fraction of sp³-hybridized carbons (Fsp3) is 0.438. The molecule has 4 heterocycles. The minimum atomic E-state index is -0.900. The summed E-state index contributed by atoms with van der Waals surface area (Å²) < 4.78 is 6.11. The van der Waals surface area contributed by atoms with E-state index >= 15 is 0 Å². The molecule has 25 heavy (non-hydrogen) atoms. The van der Waals surface area contributed by atoms with Crippen molar-refractivity contribution in [3.8, 4) is 0 Å². The minimum Gasteiger partial charge on any atom is -0.477 e. The summed E-state index contributed by atoms with van der Waals surface area (Å²) in [5, 5.41) is 11.3. The number of amides is 1. The molecule has 2 aliphatic rings. The number of nitrogens with two attached hydrogens (primary N) is 1. The maximum Gasteiger partial charge on any atom is 0.345 e. The van der Waals surface area contributed by atoms with Crippen molar-refractivity contribution in [2.45, 2.75) is 24.9 Å². The van der Waals surface area contributed by atoms with Crippen LogP contribution in [0.2, 0.25) is 0 Å². The molecule has 4 rings (SSSR count). The number of carboxylic acid groups (broad SMARTS) is 1. The van der Waals surface area contributed by atoms with Gasteiger partial charge < -0.3 is 20.5 Å². The predicted molar refractivity (Wildman–Crippen MR) is 94.3 cm³/mol. The zero-order valence-corrected chi connectivity index (χ0v) is 15.0. The largest absolute Gasteiger partial charge is 0.477 e. The van der Waals surface area contributed by atoms with Crippen molar-refractivity contribution >= 4 is 39.7 Å². The van der Waals surface area contributed by atoms with E-state index in [-0.39, 0.29) is 5.91 Å². The Morgan fingerprint density at radius 1 is 1.36 bits per heavy atom. The Labute approximate surface area is 152 Å². The number of carbonyl (C=O) groups is 2. The quantitative estimate of drug-likeness (QED) is 0.828. The maximum absolute atomic E-state index is 12.5. The summed E-state index contributed by atoms with van der Waals surface area (Å²) in [5.74, 6) is -1.01. The van der Waals surface area contributed by atoms with Crippen LogP contribution < -0.4 is 5.73 Å². The summed E-state index contributed by atoms with van der Waals surface area (Å²) in [6.45, 7) is 1.69. The topological polar surface area (TPSA) is 106 Å². The van der Waals surface area contributed by atoms with E-state index in [9.17, 15) is 14.7 Å². The molecule has 1 saturated heterocycles. The average Bonchev–Trinajstić information content (AvgIpc) is 3.22. The van der Waals surface area contributed by atoms with Gasteiger partial charge in [0.05, 0.1) is 6.61 Å². The summed E-state index contributed by atoms with van der Waals surface area (Å²) in [7, 11) is 0. The Morgan fingerprint density at radius 2 is 2.12 bits per heavy atom. The molecule has 9 heteroatoms.